The summed E-state index contributed by atoms with van der Waals surface area (Å²) in [6.07, 6.45) is 8.01. The van der Waals surface area contributed by atoms with Crippen molar-refractivity contribution >= 4 is 0 Å². The molecule has 0 aliphatic heterocycles. The van der Waals surface area contributed by atoms with Crippen LogP contribution in [0.3, 0.4) is 0 Å². The molecule has 0 aromatic carbocycles. The highest BCUT2D eigenvalue weighted by atomic mass is 16.6. The average Bonchev–Trinajstić information content (AvgIpc) is 2.80. The molecule has 0 radical (unpaired) electrons. The lowest BCUT2D eigenvalue weighted by atomic mass is 10.2. The third-order valence-electron chi connectivity index (χ3n) is 5.15. The Morgan fingerprint density at radius 1 is 0.515 bits per heavy atom. The van der Waals surface area contributed by atoms with Crippen LogP contribution >= 0.6 is 0 Å². The maximum Gasteiger partial charge on any atom is 0.158 e. The molecule has 0 amide bonds. The van der Waals surface area contributed by atoms with Crippen molar-refractivity contribution in [3.8, 4) is 0 Å². The fourth-order valence-corrected chi connectivity index (χ4v) is 3.18. The number of unbranched alkanes of at least 4 members (excludes halogenated alkanes) is 6. The summed E-state index contributed by atoms with van der Waals surface area (Å²) < 4.78 is 16.5. The maximum atomic E-state index is 10.0. The topological polar surface area (TPSA) is 127 Å². The molecule has 0 aliphatic carbocycles. The number of rotatable bonds is 21. The fraction of sp³-hybridized carbons (Fsp3) is 0.875. The summed E-state index contributed by atoms with van der Waals surface area (Å²) in [5.41, 5.74) is 0. The number of hydrogen-bond acceptors (Lipinski definition) is 9. The van der Waals surface area contributed by atoms with E-state index in [9.17, 15) is 15.3 Å². The fourth-order valence-electron chi connectivity index (χ4n) is 3.18. The van der Waals surface area contributed by atoms with Crippen molar-refractivity contribution in [2.45, 2.75) is 137 Å². The molecule has 0 fully saturated rings. The predicted molar refractivity (Wildman–Crippen MR) is 125 cm³/mol. The van der Waals surface area contributed by atoms with Gasteiger partial charge in [-0.25, -0.2) is 15.0 Å². The number of aromatic nitrogens is 3. The Labute approximate surface area is 198 Å². The SMILES string of the molecule is CCCCCC(O)OCc1nc(COC(O)CCCCC)nc(COC(O)CCCCC)n1. The molecule has 192 valence electrons. The van der Waals surface area contributed by atoms with Crippen LogP contribution in [0.5, 0.6) is 0 Å². The number of aliphatic hydroxyl groups is 3. The summed E-state index contributed by atoms with van der Waals surface area (Å²) in [7, 11) is 0. The van der Waals surface area contributed by atoms with E-state index in [0.717, 1.165) is 57.8 Å². The molecule has 0 saturated heterocycles. The molecule has 1 aromatic rings. The van der Waals surface area contributed by atoms with Crippen molar-refractivity contribution in [2.75, 3.05) is 0 Å². The van der Waals surface area contributed by atoms with E-state index < -0.39 is 18.9 Å². The van der Waals surface area contributed by atoms with Crippen LogP contribution < -0.4 is 0 Å². The third kappa shape index (κ3) is 15.3. The van der Waals surface area contributed by atoms with Crippen molar-refractivity contribution in [2.24, 2.45) is 0 Å². The summed E-state index contributed by atoms with van der Waals surface area (Å²) in [4.78, 5) is 13.0. The summed E-state index contributed by atoms with van der Waals surface area (Å²) in [6, 6.07) is 0. The molecular formula is C24H45N3O6. The number of nitrogens with zero attached hydrogens (tertiary/aromatic N) is 3. The Balaban J connectivity index is 2.69. The lowest BCUT2D eigenvalue weighted by molar-refractivity contribution is -0.119. The second-order valence-electron chi connectivity index (χ2n) is 8.37. The second kappa shape index (κ2) is 19.1. The Hall–Kier alpha value is -1.23. The molecule has 0 aliphatic rings. The third-order valence-corrected chi connectivity index (χ3v) is 5.15. The van der Waals surface area contributed by atoms with Crippen LogP contribution in [0, 0.1) is 0 Å². The van der Waals surface area contributed by atoms with Gasteiger partial charge in [-0.15, -0.1) is 0 Å². The zero-order valence-corrected chi connectivity index (χ0v) is 20.7. The van der Waals surface area contributed by atoms with E-state index in [1.165, 1.54) is 0 Å². The van der Waals surface area contributed by atoms with Gasteiger partial charge in [0.15, 0.2) is 36.3 Å². The van der Waals surface area contributed by atoms with Crippen molar-refractivity contribution in [3.05, 3.63) is 17.5 Å². The van der Waals surface area contributed by atoms with E-state index in [1.54, 1.807) is 0 Å². The Morgan fingerprint density at radius 2 is 0.788 bits per heavy atom. The van der Waals surface area contributed by atoms with Gasteiger partial charge < -0.3 is 29.5 Å². The summed E-state index contributed by atoms with van der Waals surface area (Å²) in [6.45, 7) is 6.38. The molecule has 9 nitrogen and oxygen atoms in total. The summed E-state index contributed by atoms with van der Waals surface area (Å²) in [5, 5.41) is 30.1. The molecule has 9 heteroatoms. The smallest absolute Gasteiger partial charge is 0.158 e. The largest absolute Gasteiger partial charge is 0.368 e. The van der Waals surface area contributed by atoms with Gasteiger partial charge in [0.2, 0.25) is 0 Å². The molecule has 33 heavy (non-hydrogen) atoms. The van der Waals surface area contributed by atoms with Crippen LogP contribution in [0.25, 0.3) is 0 Å². The zero-order valence-electron chi connectivity index (χ0n) is 20.7. The Bertz CT molecular complexity index is 514. The molecule has 0 spiro atoms. The molecule has 3 unspecified atom stereocenters. The minimum absolute atomic E-state index is 0.0217. The van der Waals surface area contributed by atoms with Crippen LogP contribution in [-0.4, -0.2) is 49.1 Å². The molecule has 1 aromatic heterocycles. The van der Waals surface area contributed by atoms with E-state index in [2.05, 4.69) is 35.7 Å². The van der Waals surface area contributed by atoms with Crippen molar-refractivity contribution < 1.29 is 29.5 Å². The van der Waals surface area contributed by atoms with Crippen LogP contribution in [0.4, 0.5) is 0 Å². The molecule has 3 atom stereocenters. The van der Waals surface area contributed by atoms with Crippen LogP contribution in [0.1, 0.15) is 115 Å². The van der Waals surface area contributed by atoms with Gasteiger partial charge in [-0.05, 0) is 38.5 Å². The molecule has 0 bridgehead atoms. The van der Waals surface area contributed by atoms with Gasteiger partial charge in [-0.2, -0.15) is 0 Å². The van der Waals surface area contributed by atoms with Gasteiger partial charge in [-0.3, -0.25) is 0 Å². The molecule has 1 rings (SSSR count). The molecule has 3 N–H and O–H groups in total. The Kier molecular flexibility index (Phi) is 17.3. The zero-order chi connectivity index (χ0) is 24.3. The van der Waals surface area contributed by atoms with Gasteiger partial charge in [0.25, 0.3) is 0 Å². The van der Waals surface area contributed by atoms with Gasteiger partial charge in [0.1, 0.15) is 19.8 Å². The first-order chi connectivity index (χ1) is 16.0. The van der Waals surface area contributed by atoms with Crippen molar-refractivity contribution in [1.82, 2.24) is 15.0 Å². The van der Waals surface area contributed by atoms with Gasteiger partial charge in [-0.1, -0.05) is 59.3 Å². The number of aliphatic hydroxyl groups excluding tert-OH is 3. The van der Waals surface area contributed by atoms with E-state index in [1.807, 2.05) is 0 Å². The van der Waals surface area contributed by atoms with E-state index >= 15 is 0 Å². The highest BCUT2D eigenvalue weighted by Gasteiger charge is 2.13. The van der Waals surface area contributed by atoms with Crippen LogP contribution in [0.2, 0.25) is 0 Å². The first kappa shape index (κ1) is 29.8. The minimum Gasteiger partial charge on any atom is -0.368 e. The van der Waals surface area contributed by atoms with E-state index in [0.29, 0.717) is 36.7 Å². The standard InChI is InChI=1S/C24H45N3O6/c1-4-7-10-13-22(28)31-16-19-25-20(17-32-23(29)14-11-8-5-2)27-21(26-19)18-33-24(30)15-12-9-6-3/h22-24,28-30H,4-18H2,1-3H3. The monoisotopic (exact) mass is 471 g/mol. The lowest BCUT2D eigenvalue weighted by Gasteiger charge is -2.15. The predicted octanol–water partition coefficient (Wildman–Crippen LogP) is 4.12. The average molecular weight is 472 g/mol. The first-order valence-corrected chi connectivity index (χ1v) is 12.6. The molecular weight excluding hydrogens is 426 g/mol. The van der Waals surface area contributed by atoms with Gasteiger partial charge in [0.05, 0.1) is 0 Å². The number of hydrogen-bond donors (Lipinski definition) is 3. The van der Waals surface area contributed by atoms with Gasteiger partial charge in [0, 0.05) is 0 Å². The Morgan fingerprint density at radius 3 is 1.03 bits per heavy atom. The minimum atomic E-state index is -0.881. The van der Waals surface area contributed by atoms with Crippen LogP contribution in [0.15, 0.2) is 0 Å². The first-order valence-electron chi connectivity index (χ1n) is 12.6. The number of ether oxygens (including phenoxy) is 3. The second-order valence-corrected chi connectivity index (χ2v) is 8.37. The van der Waals surface area contributed by atoms with Crippen molar-refractivity contribution in [3.63, 3.8) is 0 Å². The lowest BCUT2D eigenvalue weighted by Crippen LogP contribution is -2.18. The summed E-state index contributed by atoms with van der Waals surface area (Å²) in [5.74, 6) is 1.04. The quantitative estimate of drug-likeness (QED) is 0.179. The summed E-state index contributed by atoms with van der Waals surface area (Å²) >= 11 is 0. The highest BCUT2D eigenvalue weighted by molar-refractivity contribution is 4.96. The van der Waals surface area contributed by atoms with E-state index in [4.69, 9.17) is 14.2 Å². The molecule has 0 saturated carbocycles. The van der Waals surface area contributed by atoms with E-state index in [-0.39, 0.29) is 19.8 Å². The van der Waals surface area contributed by atoms with Crippen molar-refractivity contribution in [1.29, 1.82) is 0 Å². The van der Waals surface area contributed by atoms with Crippen LogP contribution in [-0.2, 0) is 34.0 Å². The van der Waals surface area contributed by atoms with Gasteiger partial charge >= 0.3 is 0 Å². The maximum absolute atomic E-state index is 10.0. The normalized spacial score (nSPS) is 14.4. The highest BCUT2D eigenvalue weighted by Crippen LogP contribution is 2.11. The molecule has 1 heterocycles.